The van der Waals surface area contributed by atoms with Gasteiger partial charge in [0.2, 0.25) is 0 Å². The Labute approximate surface area is 102 Å². The summed E-state index contributed by atoms with van der Waals surface area (Å²) in [7, 11) is 1.37. The summed E-state index contributed by atoms with van der Waals surface area (Å²) in [5.74, 6) is -0.382. The average molecular weight is 233 g/mol. The van der Waals surface area contributed by atoms with Gasteiger partial charge in [0.05, 0.1) is 18.7 Å². The number of rotatable bonds is 5. The summed E-state index contributed by atoms with van der Waals surface area (Å²) in [4.78, 5) is 11.5. The van der Waals surface area contributed by atoms with E-state index in [1.165, 1.54) is 7.11 Å². The van der Waals surface area contributed by atoms with Gasteiger partial charge in [0.1, 0.15) is 0 Å². The quantitative estimate of drug-likeness (QED) is 0.627. The number of nitrogens with one attached hydrogen (secondary N) is 1. The number of benzene rings is 1. The van der Waals surface area contributed by atoms with Gasteiger partial charge < -0.3 is 10.1 Å². The fourth-order valence-corrected chi connectivity index (χ4v) is 1.63. The van der Waals surface area contributed by atoms with Crippen molar-refractivity contribution in [3.05, 3.63) is 48.0 Å². The van der Waals surface area contributed by atoms with E-state index in [0.29, 0.717) is 5.57 Å². The molecule has 17 heavy (non-hydrogen) atoms. The van der Waals surface area contributed by atoms with Gasteiger partial charge in [0, 0.05) is 6.04 Å². The van der Waals surface area contributed by atoms with E-state index >= 15 is 0 Å². The van der Waals surface area contributed by atoms with Gasteiger partial charge in [-0.25, -0.2) is 4.79 Å². The van der Waals surface area contributed by atoms with Crippen LogP contribution in [0.25, 0.3) is 0 Å². The van der Waals surface area contributed by atoms with Crippen LogP contribution in [-0.4, -0.2) is 19.1 Å². The van der Waals surface area contributed by atoms with Crippen molar-refractivity contribution in [3.8, 4) is 0 Å². The molecule has 1 aromatic rings. The van der Waals surface area contributed by atoms with E-state index in [4.69, 9.17) is 4.74 Å². The van der Waals surface area contributed by atoms with Crippen LogP contribution in [0.15, 0.2) is 42.5 Å². The SMILES string of the molecule is C=C(C(=O)OC)C(NC(C)C)c1ccccc1. The zero-order valence-electron chi connectivity index (χ0n) is 10.6. The first-order valence-corrected chi connectivity index (χ1v) is 5.64. The van der Waals surface area contributed by atoms with Crippen molar-refractivity contribution in [2.75, 3.05) is 7.11 Å². The average Bonchev–Trinajstić information content (AvgIpc) is 2.35. The van der Waals surface area contributed by atoms with Gasteiger partial charge in [0.25, 0.3) is 0 Å². The molecule has 0 spiro atoms. The standard InChI is InChI=1S/C14H19NO2/c1-10(2)15-13(11(3)14(16)17-4)12-8-6-5-7-9-12/h5-10,13,15H,3H2,1-2,4H3. The third kappa shape index (κ3) is 3.71. The fourth-order valence-electron chi connectivity index (χ4n) is 1.63. The highest BCUT2D eigenvalue weighted by Gasteiger charge is 2.21. The summed E-state index contributed by atoms with van der Waals surface area (Å²) in [6.45, 7) is 7.87. The monoisotopic (exact) mass is 233 g/mol. The van der Waals surface area contributed by atoms with Gasteiger partial charge in [-0.15, -0.1) is 0 Å². The van der Waals surface area contributed by atoms with Crippen molar-refractivity contribution < 1.29 is 9.53 Å². The maximum Gasteiger partial charge on any atom is 0.335 e. The van der Waals surface area contributed by atoms with E-state index in [1.807, 2.05) is 44.2 Å². The van der Waals surface area contributed by atoms with Gasteiger partial charge in [0.15, 0.2) is 0 Å². The third-order valence-corrected chi connectivity index (χ3v) is 2.43. The summed E-state index contributed by atoms with van der Waals surface area (Å²) < 4.78 is 4.72. The number of carbonyl (C=O) groups excluding carboxylic acids is 1. The predicted octanol–water partition coefficient (Wildman–Crippen LogP) is 2.45. The number of methoxy groups -OCH3 is 1. The summed E-state index contributed by atoms with van der Waals surface area (Å²) in [5, 5.41) is 3.31. The van der Waals surface area contributed by atoms with Gasteiger partial charge in [-0.3, -0.25) is 0 Å². The molecule has 0 aliphatic heterocycles. The minimum absolute atomic E-state index is 0.205. The molecule has 0 fully saturated rings. The van der Waals surface area contributed by atoms with Crippen molar-refractivity contribution in [1.82, 2.24) is 5.32 Å². The molecule has 92 valence electrons. The second kappa shape index (κ2) is 6.21. The molecule has 0 aromatic heterocycles. The van der Waals surface area contributed by atoms with E-state index in [0.717, 1.165) is 5.56 Å². The fraction of sp³-hybridized carbons (Fsp3) is 0.357. The van der Waals surface area contributed by atoms with E-state index < -0.39 is 0 Å². The largest absolute Gasteiger partial charge is 0.466 e. The highest BCUT2D eigenvalue weighted by atomic mass is 16.5. The Kier molecular flexibility index (Phi) is 4.91. The molecular formula is C14H19NO2. The summed E-state index contributed by atoms with van der Waals surface area (Å²) in [6, 6.07) is 9.80. The van der Waals surface area contributed by atoms with Gasteiger partial charge in [-0.2, -0.15) is 0 Å². The van der Waals surface area contributed by atoms with Crippen LogP contribution in [-0.2, 0) is 9.53 Å². The van der Waals surface area contributed by atoms with Crippen LogP contribution in [0.1, 0.15) is 25.5 Å². The Balaban J connectivity index is 2.96. The van der Waals surface area contributed by atoms with Gasteiger partial charge >= 0.3 is 5.97 Å². The van der Waals surface area contributed by atoms with E-state index in [9.17, 15) is 4.79 Å². The summed E-state index contributed by atoms with van der Waals surface area (Å²) >= 11 is 0. The van der Waals surface area contributed by atoms with Crippen LogP contribution in [0, 0.1) is 0 Å². The molecule has 0 radical (unpaired) electrons. The highest BCUT2D eigenvalue weighted by molar-refractivity contribution is 5.89. The van der Waals surface area contributed by atoms with Crippen molar-refractivity contribution >= 4 is 5.97 Å². The second-order valence-corrected chi connectivity index (χ2v) is 4.18. The third-order valence-electron chi connectivity index (χ3n) is 2.43. The number of hydrogen-bond acceptors (Lipinski definition) is 3. The molecule has 0 aliphatic rings. The predicted molar refractivity (Wildman–Crippen MR) is 68.6 cm³/mol. The molecule has 0 saturated heterocycles. The molecule has 0 saturated carbocycles. The molecule has 1 N–H and O–H groups in total. The minimum Gasteiger partial charge on any atom is -0.466 e. The Morgan fingerprint density at radius 3 is 2.35 bits per heavy atom. The summed E-state index contributed by atoms with van der Waals surface area (Å²) in [5.41, 5.74) is 1.43. The van der Waals surface area contributed by atoms with Gasteiger partial charge in [-0.05, 0) is 19.4 Å². The lowest BCUT2D eigenvalue weighted by Gasteiger charge is -2.22. The Morgan fingerprint density at radius 1 is 1.29 bits per heavy atom. The Hall–Kier alpha value is -1.61. The van der Waals surface area contributed by atoms with Crippen LogP contribution in [0.4, 0.5) is 0 Å². The van der Waals surface area contributed by atoms with E-state index in [-0.39, 0.29) is 18.1 Å². The molecule has 0 aliphatic carbocycles. The lowest BCUT2D eigenvalue weighted by molar-refractivity contribution is -0.136. The van der Waals surface area contributed by atoms with Crippen LogP contribution in [0.5, 0.6) is 0 Å². The lowest BCUT2D eigenvalue weighted by Crippen LogP contribution is -2.31. The molecule has 3 nitrogen and oxygen atoms in total. The number of esters is 1. The van der Waals surface area contributed by atoms with Crippen LogP contribution in [0.3, 0.4) is 0 Å². The molecule has 1 atom stereocenters. The molecule has 1 unspecified atom stereocenters. The Morgan fingerprint density at radius 2 is 1.88 bits per heavy atom. The molecule has 1 aromatic carbocycles. The smallest absolute Gasteiger partial charge is 0.335 e. The van der Waals surface area contributed by atoms with E-state index in [2.05, 4.69) is 11.9 Å². The first-order valence-electron chi connectivity index (χ1n) is 5.64. The molecule has 3 heteroatoms. The second-order valence-electron chi connectivity index (χ2n) is 4.18. The minimum atomic E-state index is -0.382. The highest BCUT2D eigenvalue weighted by Crippen LogP contribution is 2.21. The lowest BCUT2D eigenvalue weighted by atomic mass is 9.99. The van der Waals surface area contributed by atoms with Crippen LogP contribution >= 0.6 is 0 Å². The van der Waals surface area contributed by atoms with Gasteiger partial charge in [-0.1, -0.05) is 36.9 Å². The normalized spacial score (nSPS) is 12.2. The van der Waals surface area contributed by atoms with Crippen molar-refractivity contribution in [2.24, 2.45) is 0 Å². The molecule has 0 amide bonds. The van der Waals surface area contributed by atoms with Crippen molar-refractivity contribution in [1.29, 1.82) is 0 Å². The van der Waals surface area contributed by atoms with E-state index in [1.54, 1.807) is 0 Å². The number of hydrogen-bond donors (Lipinski definition) is 1. The summed E-state index contributed by atoms with van der Waals surface area (Å²) in [6.07, 6.45) is 0. The van der Waals surface area contributed by atoms with Crippen LogP contribution < -0.4 is 5.32 Å². The van der Waals surface area contributed by atoms with Crippen molar-refractivity contribution in [2.45, 2.75) is 25.9 Å². The molecule has 0 heterocycles. The number of carbonyl (C=O) groups is 1. The zero-order chi connectivity index (χ0) is 12.8. The molecule has 1 rings (SSSR count). The first-order chi connectivity index (χ1) is 8.06. The molecular weight excluding hydrogens is 214 g/mol. The zero-order valence-corrected chi connectivity index (χ0v) is 10.6. The topological polar surface area (TPSA) is 38.3 Å². The first kappa shape index (κ1) is 13.5. The Bertz CT molecular complexity index is 384. The van der Waals surface area contributed by atoms with Crippen LogP contribution in [0.2, 0.25) is 0 Å². The molecule has 0 bridgehead atoms. The number of ether oxygens (including phenoxy) is 1. The van der Waals surface area contributed by atoms with Crippen molar-refractivity contribution in [3.63, 3.8) is 0 Å². The maximum absolute atomic E-state index is 11.5. The maximum atomic E-state index is 11.5.